The predicted molar refractivity (Wildman–Crippen MR) is 119 cm³/mol. The van der Waals surface area contributed by atoms with Crippen LogP contribution in [-0.4, -0.2) is 51.3 Å². The van der Waals surface area contributed by atoms with Crippen LogP contribution < -0.4 is 15.8 Å². The molecule has 3 rings (SSSR count). The van der Waals surface area contributed by atoms with Crippen molar-refractivity contribution >= 4 is 21.7 Å². The molecule has 1 heterocycles. The normalized spacial score (nSPS) is 15.2. The van der Waals surface area contributed by atoms with Crippen molar-refractivity contribution in [3.63, 3.8) is 0 Å². The highest BCUT2D eigenvalue weighted by molar-refractivity contribution is 7.93. The largest absolute Gasteiger partial charge is 0.494 e. The summed E-state index contributed by atoms with van der Waals surface area (Å²) in [6, 6.07) is 14.2. The van der Waals surface area contributed by atoms with E-state index < -0.39 is 20.5 Å². The van der Waals surface area contributed by atoms with Crippen LogP contribution in [0.5, 0.6) is 5.75 Å². The number of benzene rings is 2. The third-order valence-corrected chi connectivity index (χ3v) is 8.06. The smallest absolute Gasteiger partial charge is 0.251 e. The van der Waals surface area contributed by atoms with Gasteiger partial charge < -0.3 is 20.5 Å². The third-order valence-electron chi connectivity index (χ3n) is 5.53. The van der Waals surface area contributed by atoms with Gasteiger partial charge in [-0.1, -0.05) is 6.07 Å². The van der Waals surface area contributed by atoms with E-state index in [1.54, 1.807) is 18.2 Å². The van der Waals surface area contributed by atoms with Crippen LogP contribution in [0.4, 0.5) is 0 Å². The van der Waals surface area contributed by atoms with Crippen LogP contribution in [0.15, 0.2) is 53.4 Å². The minimum Gasteiger partial charge on any atom is -0.494 e. The number of nitriles is 1. The lowest BCUT2D eigenvalue weighted by atomic mass is 9.98. The summed E-state index contributed by atoms with van der Waals surface area (Å²) in [5, 5.41) is 11.7. The van der Waals surface area contributed by atoms with Crippen LogP contribution in [0.1, 0.15) is 35.2 Å². The first-order chi connectivity index (χ1) is 15.8. The second-order valence-electron chi connectivity index (χ2n) is 7.60. The fourth-order valence-electron chi connectivity index (χ4n) is 3.59. The second kappa shape index (κ2) is 10.5. The number of carbonyl (C=O) groups is 2. The number of sulfone groups is 1. The molecular weight excluding hydrogens is 446 g/mol. The molecule has 0 aromatic heterocycles. The van der Waals surface area contributed by atoms with E-state index in [0.717, 1.165) is 0 Å². The molecule has 174 valence electrons. The Morgan fingerprint density at radius 2 is 1.85 bits per heavy atom. The van der Waals surface area contributed by atoms with Crippen LogP contribution in [0.3, 0.4) is 0 Å². The van der Waals surface area contributed by atoms with Gasteiger partial charge in [0.1, 0.15) is 5.75 Å². The number of nitrogens with one attached hydrogen (secondary N) is 1. The molecule has 0 aliphatic carbocycles. The Hall–Kier alpha value is -3.42. The Kier molecular flexibility index (Phi) is 7.68. The lowest BCUT2D eigenvalue weighted by molar-refractivity contribution is -0.122. The Morgan fingerprint density at radius 1 is 1.15 bits per heavy atom. The van der Waals surface area contributed by atoms with Crippen molar-refractivity contribution < 1.29 is 27.5 Å². The zero-order chi connectivity index (χ0) is 23.9. The van der Waals surface area contributed by atoms with Gasteiger partial charge in [0.05, 0.1) is 23.1 Å². The molecule has 2 amide bonds. The van der Waals surface area contributed by atoms with E-state index in [-0.39, 0.29) is 36.9 Å². The van der Waals surface area contributed by atoms with Crippen molar-refractivity contribution in [1.29, 1.82) is 5.26 Å². The number of hydrogen-bond acceptors (Lipinski definition) is 7. The molecule has 9 nitrogen and oxygen atoms in total. The highest BCUT2D eigenvalue weighted by Crippen LogP contribution is 2.35. The quantitative estimate of drug-likeness (QED) is 0.527. The second-order valence-corrected chi connectivity index (χ2v) is 9.86. The Morgan fingerprint density at radius 3 is 2.48 bits per heavy atom. The van der Waals surface area contributed by atoms with Crippen molar-refractivity contribution in [2.75, 3.05) is 26.4 Å². The first kappa shape index (κ1) is 24.2. The number of amides is 2. The molecule has 3 N–H and O–H groups in total. The van der Waals surface area contributed by atoms with E-state index in [0.29, 0.717) is 36.4 Å². The van der Waals surface area contributed by atoms with Crippen molar-refractivity contribution in [3.05, 3.63) is 59.7 Å². The topological polar surface area (TPSA) is 149 Å². The van der Waals surface area contributed by atoms with Crippen LogP contribution in [0.2, 0.25) is 0 Å². The van der Waals surface area contributed by atoms with Crippen molar-refractivity contribution in [2.24, 2.45) is 5.73 Å². The molecule has 1 fully saturated rings. The van der Waals surface area contributed by atoms with Crippen LogP contribution in [-0.2, 0) is 19.4 Å². The minimum absolute atomic E-state index is 0.00223. The number of ether oxygens (including phenoxy) is 2. The first-order valence-corrected chi connectivity index (χ1v) is 11.9. The molecule has 10 heteroatoms. The summed E-state index contributed by atoms with van der Waals surface area (Å²) in [6.45, 7) is 0.978. The van der Waals surface area contributed by atoms with E-state index in [2.05, 4.69) is 5.32 Å². The fourth-order valence-corrected chi connectivity index (χ4v) is 5.50. The fraction of sp³-hybridized carbons (Fsp3) is 0.348. The maximum Gasteiger partial charge on any atom is 0.251 e. The highest BCUT2D eigenvalue weighted by atomic mass is 32.2. The summed E-state index contributed by atoms with van der Waals surface area (Å²) in [4.78, 5) is 24.2. The predicted octanol–water partition coefficient (Wildman–Crippen LogP) is 1.57. The van der Waals surface area contributed by atoms with Gasteiger partial charge in [-0.15, -0.1) is 0 Å². The zero-order valence-electron chi connectivity index (χ0n) is 18.0. The highest BCUT2D eigenvalue weighted by Gasteiger charge is 2.51. The number of hydrogen-bond donors (Lipinski definition) is 2. The molecule has 1 saturated heterocycles. The van der Waals surface area contributed by atoms with E-state index >= 15 is 0 Å². The molecular formula is C23H25N3O6S. The minimum atomic E-state index is -3.99. The number of carbonyl (C=O) groups excluding carboxylic acids is 2. The van der Waals surface area contributed by atoms with Gasteiger partial charge in [0, 0.05) is 25.3 Å². The SMILES string of the molecule is N#Cc1cccc(C(=O)NCCCOc2ccc(S(=O)(=O)C3(C(N)=O)CCOCC3)cc2)c1. The molecule has 2 aromatic carbocycles. The molecule has 0 spiro atoms. The number of nitrogens with zero attached hydrogens (tertiary/aromatic N) is 1. The van der Waals surface area contributed by atoms with Gasteiger partial charge in [-0.05, 0) is 61.7 Å². The Balaban J connectivity index is 1.52. The van der Waals surface area contributed by atoms with Crippen LogP contribution >= 0.6 is 0 Å². The van der Waals surface area contributed by atoms with Gasteiger partial charge in [-0.3, -0.25) is 9.59 Å². The molecule has 1 aliphatic rings. The van der Waals surface area contributed by atoms with Crippen LogP contribution in [0.25, 0.3) is 0 Å². The van der Waals surface area contributed by atoms with Gasteiger partial charge >= 0.3 is 0 Å². The van der Waals surface area contributed by atoms with Crippen molar-refractivity contribution in [1.82, 2.24) is 5.32 Å². The summed E-state index contributed by atoms with van der Waals surface area (Å²) >= 11 is 0. The van der Waals surface area contributed by atoms with E-state index in [9.17, 15) is 18.0 Å². The van der Waals surface area contributed by atoms with E-state index in [1.165, 1.54) is 30.3 Å². The molecule has 0 unspecified atom stereocenters. The Labute approximate surface area is 192 Å². The summed E-state index contributed by atoms with van der Waals surface area (Å²) in [6.07, 6.45) is 0.569. The molecule has 0 radical (unpaired) electrons. The van der Waals surface area contributed by atoms with Crippen LogP contribution in [0, 0.1) is 11.3 Å². The molecule has 33 heavy (non-hydrogen) atoms. The summed E-state index contributed by atoms with van der Waals surface area (Å²) < 4.78 is 35.4. The third kappa shape index (κ3) is 5.32. The molecule has 0 bridgehead atoms. The maximum atomic E-state index is 13.1. The maximum absolute atomic E-state index is 13.1. The van der Waals surface area contributed by atoms with Gasteiger partial charge in [-0.2, -0.15) is 5.26 Å². The average molecular weight is 472 g/mol. The Bertz CT molecular complexity index is 1150. The number of nitrogens with two attached hydrogens (primary N) is 1. The molecule has 0 saturated carbocycles. The van der Waals surface area contributed by atoms with Crippen molar-refractivity contribution in [2.45, 2.75) is 28.9 Å². The molecule has 0 atom stereocenters. The van der Waals surface area contributed by atoms with Gasteiger partial charge in [0.2, 0.25) is 5.91 Å². The van der Waals surface area contributed by atoms with Gasteiger partial charge in [0.25, 0.3) is 5.91 Å². The zero-order valence-corrected chi connectivity index (χ0v) is 18.8. The van der Waals surface area contributed by atoms with Gasteiger partial charge in [-0.25, -0.2) is 8.42 Å². The standard InChI is InChI=1S/C23H25N3O6S/c24-16-17-3-1-4-18(15-17)21(27)26-11-2-12-32-19-5-7-20(8-6-19)33(29,30)23(22(25)28)9-13-31-14-10-23/h1,3-8,15H,2,9-14H2,(H2,25,28)(H,26,27). The lowest BCUT2D eigenvalue weighted by Crippen LogP contribution is -2.53. The van der Waals surface area contributed by atoms with E-state index in [1.807, 2.05) is 6.07 Å². The monoisotopic (exact) mass is 471 g/mol. The summed E-state index contributed by atoms with van der Waals surface area (Å²) in [5.41, 5.74) is 6.30. The summed E-state index contributed by atoms with van der Waals surface area (Å²) in [7, 11) is -3.99. The van der Waals surface area contributed by atoms with E-state index in [4.69, 9.17) is 20.5 Å². The number of primary amides is 1. The average Bonchev–Trinajstić information content (AvgIpc) is 2.84. The van der Waals surface area contributed by atoms with Crippen molar-refractivity contribution in [3.8, 4) is 11.8 Å². The summed E-state index contributed by atoms with van der Waals surface area (Å²) in [5.74, 6) is -0.687. The van der Waals surface area contributed by atoms with Gasteiger partial charge in [0.15, 0.2) is 14.6 Å². The molecule has 2 aromatic rings. The molecule has 1 aliphatic heterocycles. The lowest BCUT2D eigenvalue weighted by Gasteiger charge is -2.33. The number of rotatable bonds is 9. The first-order valence-electron chi connectivity index (χ1n) is 10.4.